The van der Waals surface area contributed by atoms with Gasteiger partial charge in [0.2, 0.25) is 5.91 Å². The molecule has 0 aromatic carbocycles. The van der Waals surface area contributed by atoms with E-state index in [1.165, 1.54) is 0 Å². The zero-order chi connectivity index (χ0) is 15.2. The number of aryl methyl sites for hydroxylation is 1. The molecular formula is C12H17FN4O3S. The number of carbonyl (C=O) groups is 1. The van der Waals surface area contributed by atoms with Crippen LogP contribution in [0.15, 0.2) is 12.4 Å². The van der Waals surface area contributed by atoms with Crippen molar-refractivity contribution in [3.05, 3.63) is 18.2 Å². The van der Waals surface area contributed by atoms with Gasteiger partial charge in [-0.25, -0.2) is 4.98 Å². The second-order valence-electron chi connectivity index (χ2n) is 5.65. The lowest BCUT2D eigenvalue weighted by Gasteiger charge is -2.19. The summed E-state index contributed by atoms with van der Waals surface area (Å²) in [7, 11) is -2.98. The van der Waals surface area contributed by atoms with Crippen LogP contribution in [0.5, 0.6) is 0 Å². The number of nitrogens with zero attached hydrogens (tertiary/aromatic N) is 3. The zero-order valence-corrected chi connectivity index (χ0v) is 12.4. The van der Waals surface area contributed by atoms with Gasteiger partial charge in [0, 0.05) is 38.4 Å². The number of imidazole rings is 1. The first-order valence-electron chi connectivity index (χ1n) is 6.83. The van der Waals surface area contributed by atoms with Crippen molar-refractivity contribution in [2.24, 2.45) is 13.0 Å². The number of hydrogen-bond acceptors (Lipinski definition) is 4. The molecule has 1 aliphatic heterocycles. The standard InChI is InChI=1S/C12H17FN4O3S/c1-16-5-4-14-11(16)9-6-17(21(13,19)20)7-10(9)15-12(18)8-2-3-8/h4-5,8-10H,2-3,6-7H2,1H3,(H,15,18)/t9-,10-/m1/s1. The molecule has 0 spiro atoms. The van der Waals surface area contributed by atoms with Gasteiger partial charge in [-0.3, -0.25) is 4.79 Å². The van der Waals surface area contributed by atoms with Crippen LogP contribution in [0.3, 0.4) is 0 Å². The van der Waals surface area contributed by atoms with E-state index in [4.69, 9.17) is 0 Å². The molecule has 1 N–H and O–H groups in total. The predicted octanol–water partition coefficient (Wildman–Crippen LogP) is -0.0716. The van der Waals surface area contributed by atoms with E-state index in [2.05, 4.69) is 10.3 Å². The van der Waals surface area contributed by atoms with Crippen LogP contribution < -0.4 is 5.32 Å². The Labute approximate surface area is 122 Å². The third-order valence-corrected chi connectivity index (χ3v) is 4.98. The van der Waals surface area contributed by atoms with E-state index in [0.717, 1.165) is 17.1 Å². The van der Waals surface area contributed by atoms with Crippen LogP contribution in [-0.2, 0) is 22.3 Å². The van der Waals surface area contributed by atoms with Crippen LogP contribution in [0.4, 0.5) is 3.89 Å². The normalized spacial score (nSPS) is 27.0. The molecule has 7 nitrogen and oxygen atoms in total. The molecule has 1 amide bonds. The van der Waals surface area contributed by atoms with Crippen LogP contribution >= 0.6 is 0 Å². The maximum Gasteiger partial charge on any atom is 0.374 e. The first-order valence-corrected chi connectivity index (χ1v) is 8.17. The molecule has 2 heterocycles. The molecule has 0 bridgehead atoms. The minimum atomic E-state index is -4.77. The fraction of sp³-hybridized carbons (Fsp3) is 0.667. The highest BCUT2D eigenvalue weighted by molar-refractivity contribution is 7.83. The SMILES string of the molecule is Cn1ccnc1[C@@H]1CN(S(=O)(=O)F)C[C@H]1NC(=O)C1CC1. The Hall–Kier alpha value is -1.48. The predicted molar refractivity (Wildman–Crippen MR) is 72.2 cm³/mol. The fourth-order valence-corrected chi connectivity index (χ4v) is 3.41. The summed E-state index contributed by atoms with van der Waals surface area (Å²) in [5.41, 5.74) is 0. The Bertz CT molecular complexity index is 655. The van der Waals surface area contributed by atoms with Crippen LogP contribution in [0.25, 0.3) is 0 Å². The van der Waals surface area contributed by atoms with Gasteiger partial charge >= 0.3 is 10.4 Å². The lowest BCUT2D eigenvalue weighted by Crippen LogP contribution is -2.41. The highest BCUT2D eigenvalue weighted by Crippen LogP contribution is 2.32. The molecule has 21 heavy (non-hydrogen) atoms. The molecule has 1 aliphatic carbocycles. The average Bonchev–Trinajstić information content (AvgIpc) is 3.03. The van der Waals surface area contributed by atoms with Crippen molar-refractivity contribution < 1.29 is 17.1 Å². The molecular weight excluding hydrogens is 299 g/mol. The molecule has 1 saturated heterocycles. The van der Waals surface area contributed by atoms with Gasteiger partial charge in [-0.2, -0.15) is 12.7 Å². The number of rotatable bonds is 4. The molecule has 2 atom stereocenters. The quantitative estimate of drug-likeness (QED) is 0.788. The van der Waals surface area contributed by atoms with E-state index in [9.17, 15) is 17.1 Å². The molecule has 3 rings (SSSR count). The maximum absolute atomic E-state index is 13.2. The number of amides is 1. The highest BCUT2D eigenvalue weighted by atomic mass is 32.3. The van der Waals surface area contributed by atoms with Gasteiger partial charge in [0.25, 0.3) is 0 Å². The van der Waals surface area contributed by atoms with Crippen molar-refractivity contribution >= 4 is 16.3 Å². The van der Waals surface area contributed by atoms with Crippen molar-refractivity contribution in [3.63, 3.8) is 0 Å². The summed E-state index contributed by atoms with van der Waals surface area (Å²) < 4.78 is 38.0. The first kappa shape index (κ1) is 14.5. The van der Waals surface area contributed by atoms with Crippen molar-refractivity contribution in [1.29, 1.82) is 0 Å². The second kappa shape index (κ2) is 5.06. The molecule has 9 heteroatoms. The van der Waals surface area contributed by atoms with Crippen molar-refractivity contribution in [1.82, 2.24) is 19.2 Å². The highest BCUT2D eigenvalue weighted by Gasteiger charge is 2.43. The summed E-state index contributed by atoms with van der Waals surface area (Å²) in [6, 6.07) is -0.454. The minimum Gasteiger partial charge on any atom is -0.351 e. The van der Waals surface area contributed by atoms with Crippen molar-refractivity contribution in [2.45, 2.75) is 24.8 Å². The van der Waals surface area contributed by atoms with Gasteiger partial charge in [-0.05, 0) is 12.8 Å². The molecule has 116 valence electrons. The van der Waals surface area contributed by atoms with E-state index in [-0.39, 0.29) is 30.8 Å². The van der Waals surface area contributed by atoms with E-state index in [0.29, 0.717) is 5.82 Å². The third kappa shape index (κ3) is 2.93. The van der Waals surface area contributed by atoms with Gasteiger partial charge < -0.3 is 9.88 Å². The smallest absolute Gasteiger partial charge is 0.351 e. The third-order valence-electron chi connectivity index (χ3n) is 4.06. The molecule has 1 aromatic rings. The van der Waals surface area contributed by atoms with Gasteiger partial charge in [0.05, 0.1) is 12.0 Å². The van der Waals surface area contributed by atoms with E-state index in [1.54, 1.807) is 24.0 Å². The zero-order valence-electron chi connectivity index (χ0n) is 11.6. The van der Waals surface area contributed by atoms with Gasteiger partial charge in [-0.1, -0.05) is 3.89 Å². The van der Waals surface area contributed by atoms with Crippen LogP contribution in [0.1, 0.15) is 24.6 Å². The summed E-state index contributed by atoms with van der Waals surface area (Å²) >= 11 is 0. The van der Waals surface area contributed by atoms with E-state index >= 15 is 0 Å². The summed E-state index contributed by atoms with van der Waals surface area (Å²) in [5, 5.41) is 2.84. The van der Waals surface area contributed by atoms with Crippen molar-refractivity contribution in [2.75, 3.05) is 13.1 Å². The first-order chi connectivity index (χ1) is 9.86. The largest absolute Gasteiger partial charge is 0.374 e. The summed E-state index contributed by atoms with van der Waals surface area (Å²) in [6.07, 6.45) is 5.05. The molecule has 2 fully saturated rings. The van der Waals surface area contributed by atoms with Gasteiger partial charge in [0.15, 0.2) is 0 Å². The maximum atomic E-state index is 13.2. The Morgan fingerprint density at radius 2 is 2.14 bits per heavy atom. The summed E-state index contributed by atoms with van der Waals surface area (Å²) in [6.45, 7) is -0.0753. The molecule has 1 saturated carbocycles. The van der Waals surface area contributed by atoms with Crippen molar-refractivity contribution in [3.8, 4) is 0 Å². The van der Waals surface area contributed by atoms with Crippen LogP contribution in [0, 0.1) is 5.92 Å². The number of nitrogens with one attached hydrogen (secondary N) is 1. The molecule has 2 aliphatic rings. The molecule has 0 radical (unpaired) electrons. The van der Waals surface area contributed by atoms with E-state index < -0.39 is 16.5 Å². The Morgan fingerprint density at radius 3 is 2.67 bits per heavy atom. The second-order valence-corrected chi connectivity index (χ2v) is 6.99. The lowest BCUT2D eigenvalue weighted by molar-refractivity contribution is -0.123. The van der Waals surface area contributed by atoms with E-state index in [1.807, 2.05) is 0 Å². The number of halogens is 1. The van der Waals surface area contributed by atoms with Crippen LogP contribution in [0.2, 0.25) is 0 Å². The number of aromatic nitrogens is 2. The van der Waals surface area contributed by atoms with Gasteiger partial charge in [0.1, 0.15) is 5.82 Å². The van der Waals surface area contributed by atoms with Gasteiger partial charge in [-0.15, -0.1) is 0 Å². The summed E-state index contributed by atoms with van der Waals surface area (Å²) in [4.78, 5) is 16.1. The number of carbonyl (C=O) groups excluding carboxylic acids is 1. The molecule has 0 unspecified atom stereocenters. The Morgan fingerprint density at radius 1 is 1.43 bits per heavy atom. The summed E-state index contributed by atoms with van der Waals surface area (Å²) in [5.74, 6) is 0.223. The number of hydrogen-bond donors (Lipinski definition) is 1. The Kier molecular flexibility index (Phi) is 3.48. The lowest BCUT2D eigenvalue weighted by atomic mass is 10.0. The van der Waals surface area contributed by atoms with Crippen LogP contribution in [-0.4, -0.2) is 47.3 Å². The monoisotopic (exact) mass is 316 g/mol. The fourth-order valence-electron chi connectivity index (χ4n) is 2.73. The minimum absolute atomic E-state index is 0.0146. The molecule has 1 aromatic heterocycles. The average molecular weight is 316 g/mol. The Balaban J connectivity index is 1.83. The topological polar surface area (TPSA) is 84.3 Å².